The molecule has 1 aromatic carbocycles. The third-order valence-electron chi connectivity index (χ3n) is 3.83. The quantitative estimate of drug-likeness (QED) is 0.322. The number of nitrogens with one attached hydrogen (secondary N) is 1. The Labute approximate surface area is 164 Å². The SMILES string of the molecule is C=CCc1cc(/C=C2\C(=O)NC(=S)N(CC=C)C2=O)cc(OCC)c1OC. The molecule has 0 aromatic heterocycles. The van der Waals surface area contributed by atoms with Crippen LogP contribution in [0.3, 0.4) is 0 Å². The van der Waals surface area contributed by atoms with E-state index in [0.717, 1.165) is 5.56 Å². The molecule has 1 fully saturated rings. The van der Waals surface area contributed by atoms with Crippen molar-refractivity contribution >= 4 is 35.2 Å². The number of hydrogen-bond donors (Lipinski definition) is 1. The molecule has 142 valence electrons. The minimum atomic E-state index is -0.538. The number of amides is 2. The molecular formula is C20H22N2O4S. The van der Waals surface area contributed by atoms with Crippen molar-refractivity contribution in [3.63, 3.8) is 0 Å². The van der Waals surface area contributed by atoms with Gasteiger partial charge < -0.3 is 9.47 Å². The first-order chi connectivity index (χ1) is 13.0. The second-order valence-corrected chi connectivity index (χ2v) is 6.05. The highest BCUT2D eigenvalue weighted by molar-refractivity contribution is 7.80. The van der Waals surface area contributed by atoms with Crippen LogP contribution < -0.4 is 14.8 Å². The number of carbonyl (C=O) groups is 2. The third-order valence-corrected chi connectivity index (χ3v) is 4.15. The van der Waals surface area contributed by atoms with Gasteiger partial charge in [-0.3, -0.25) is 19.8 Å². The maximum atomic E-state index is 12.7. The molecule has 1 aliphatic rings. The van der Waals surface area contributed by atoms with E-state index in [4.69, 9.17) is 21.7 Å². The van der Waals surface area contributed by atoms with Gasteiger partial charge >= 0.3 is 0 Å². The predicted molar refractivity (Wildman–Crippen MR) is 109 cm³/mol. The number of thiocarbonyl (C=S) groups is 1. The van der Waals surface area contributed by atoms with Crippen LogP contribution in [-0.4, -0.2) is 42.1 Å². The number of ether oxygens (including phenoxy) is 2. The molecule has 0 saturated carbocycles. The summed E-state index contributed by atoms with van der Waals surface area (Å²) in [6.07, 6.45) is 5.35. The molecule has 0 aliphatic carbocycles. The highest BCUT2D eigenvalue weighted by Gasteiger charge is 2.32. The Morgan fingerprint density at radius 2 is 2.00 bits per heavy atom. The van der Waals surface area contributed by atoms with Crippen molar-refractivity contribution in [2.75, 3.05) is 20.3 Å². The molecule has 0 unspecified atom stereocenters. The van der Waals surface area contributed by atoms with Gasteiger partial charge in [0.2, 0.25) is 0 Å². The molecule has 0 bridgehead atoms. The lowest BCUT2D eigenvalue weighted by atomic mass is 10.0. The maximum absolute atomic E-state index is 12.7. The number of nitrogens with zero attached hydrogens (tertiary/aromatic N) is 1. The second kappa shape index (κ2) is 9.14. The van der Waals surface area contributed by atoms with Crippen LogP contribution in [0.4, 0.5) is 0 Å². The largest absolute Gasteiger partial charge is 0.493 e. The molecule has 1 aromatic rings. The van der Waals surface area contributed by atoms with Crippen LogP contribution in [0.1, 0.15) is 18.1 Å². The lowest BCUT2D eigenvalue weighted by Crippen LogP contribution is -2.53. The molecule has 1 N–H and O–H groups in total. The van der Waals surface area contributed by atoms with E-state index in [1.807, 2.05) is 13.0 Å². The Morgan fingerprint density at radius 3 is 2.59 bits per heavy atom. The summed E-state index contributed by atoms with van der Waals surface area (Å²) in [4.78, 5) is 26.3. The lowest BCUT2D eigenvalue weighted by Gasteiger charge is -2.27. The Bertz CT molecular complexity index is 830. The van der Waals surface area contributed by atoms with Crippen molar-refractivity contribution in [3.8, 4) is 11.5 Å². The smallest absolute Gasteiger partial charge is 0.265 e. The van der Waals surface area contributed by atoms with Crippen LogP contribution in [0, 0.1) is 0 Å². The van der Waals surface area contributed by atoms with Crippen molar-refractivity contribution < 1.29 is 19.1 Å². The minimum absolute atomic E-state index is 0.0115. The van der Waals surface area contributed by atoms with Crippen LogP contribution in [0.2, 0.25) is 0 Å². The van der Waals surface area contributed by atoms with E-state index in [-0.39, 0.29) is 17.2 Å². The standard InChI is InChI=1S/C20H22N2O4S/c1-5-8-14-10-13(12-16(26-7-3)17(14)25-4)11-15-18(23)21-20(27)22(9-6-2)19(15)24/h5-6,10-12H,1-2,7-9H2,3-4H3,(H,21,23,27)/b15-11+. The van der Waals surface area contributed by atoms with Crippen LogP contribution in [0.5, 0.6) is 11.5 Å². The summed E-state index contributed by atoms with van der Waals surface area (Å²) < 4.78 is 11.1. The third kappa shape index (κ3) is 4.43. The van der Waals surface area contributed by atoms with Crippen molar-refractivity contribution in [1.82, 2.24) is 10.2 Å². The molecule has 1 heterocycles. The summed E-state index contributed by atoms with van der Waals surface area (Å²) in [7, 11) is 1.56. The van der Waals surface area contributed by atoms with E-state index >= 15 is 0 Å². The summed E-state index contributed by atoms with van der Waals surface area (Å²) in [6.45, 7) is 9.89. The zero-order chi connectivity index (χ0) is 20.0. The van der Waals surface area contributed by atoms with Gasteiger partial charge in [0.05, 0.1) is 13.7 Å². The highest BCUT2D eigenvalue weighted by atomic mass is 32.1. The molecule has 2 rings (SSSR count). The first kappa shape index (κ1) is 20.4. The molecule has 6 nitrogen and oxygen atoms in total. The molecule has 27 heavy (non-hydrogen) atoms. The highest BCUT2D eigenvalue weighted by Crippen LogP contribution is 2.34. The number of methoxy groups -OCH3 is 1. The Kier molecular flexibility index (Phi) is 6.90. The molecule has 7 heteroatoms. The molecule has 0 atom stereocenters. The average molecular weight is 386 g/mol. The number of carbonyl (C=O) groups excluding carboxylic acids is 2. The fraction of sp³-hybridized carbons (Fsp3) is 0.250. The molecule has 0 radical (unpaired) electrons. The van der Waals surface area contributed by atoms with Gasteiger partial charge in [-0.05, 0) is 49.3 Å². The van der Waals surface area contributed by atoms with Crippen molar-refractivity contribution in [2.24, 2.45) is 0 Å². The van der Waals surface area contributed by atoms with Crippen LogP contribution in [0.15, 0.2) is 43.0 Å². The van der Waals surface area contributed by atoms with Gasteiger partial charge in [-0.2, -0.15) is 0 Å². The number of allylic oxidation sites excluding steroid dienone is 1. The predicted octanol–water partition coefficient (Wildman–Crippen LogP) is 2.64. The van der Waals surface area contributed by atoms with E-state index in [0.29, 0.717) is 30.1 Å². The van der Waals surface area contributed by atoms with Crippen molar-refractivity contribution in [3.05, 3.63) is 54.1 Å². The first-order valence-electron chi connectivity index (χ1n) is 8.41. The molecule has 1 aliphatic heterocycles. The number of hydrogen-bond acceptors (Lipinski definition) is 5. The van der Waals surface area contributed by atoms with Crippen LogP contribution >= 0.6 is 12.2 Å². The summed E-state index contributed by atoms with van der Waals surface area (Å²) >= 11 is 5.06. The molecule has 2 amide bonds. The Morgan fingerprint density at radius 1 is 1.26 bits per heavy atom. The minimum Gasteiger partial charge on any atom is -0.493 e. The first-order valence-corrected chi connectivity index (χ1v) is 8.81. The summed E-state index contributed by atoms with van der Waals surface area (Å²) in [5, 5.41) is 2.60. The maximum Gasteiger partial charge on any atom is 0.265 e. The van der Waals surface area contributed by atoms with Gasteiger partial charge in [0.1, 0.15) is 5.57 Å². The summed E-state index contributed by atoms with van der Waals surface area (Å²) in [6, 6.07) is 3.56. The van der Waals surface area contributed by atoms with E-state index in [1.165, 1.54) is 11.0 Å². The van der Waals surface area contributed by atoms with Crippen LogP contribution in [-0.2, 0) is 16.0 Å². The lowest BCUT2D eigenvalue weighted by molar-refractivity contribution is -0.128. The van der Waals surface area contributed by atoms with Crippen molar-refractivity contribution in [2.45, 2.75) is 13.3 Å². The number of rotatable bonds is 8. The van der Waals surface area contributed by atoms with Gasteiger partial charge in [-0.15, -0.1) is 13.2 Å². The van der Waals surface area contributed by atoms with Gasteiger partial charge in [0.15, 0.2) is 16.6 Å². The second-order valence-electron chi connectivity index (χ2n) is 5.66. The number of benzene rings is 1. The van der Waals surface area contributed by atoms with E-state index < -0.39 is 11.8 Å². The zero-order valence-electron chi connectivity index (χ0n) is 15.4. The molecule has 0 spiro atoms. The Balaban J connectivity index is 2.54. The fourth-order valence-corrected chi connectivity index (χ4v) is 2.97. The average Bonchev–Trinajstić information content (AvgIpc) is 2.63. The normalized spacial score (nSPS) is 15.6. The fourth-order valence-electron chi connectivity index (χ4n) is 2.72. The topological polar surface area (TPSA) is 67.9 Å². The van der Waals surface area contributed by atoms with E-state index in [1.54, 1.807) is 25.3 Å². The van der Waals surface area contributed by atoms with Crippen molar-refractivity contribution in [1.29, 1.82) is 0 Å². The monoisotopic (exact) mass is 386 g/mol. The van der Waals surface area contributed by atoms with Gasteiger partial charge in [-0.25, -0.2) is 0 Å². The van der Waals surface area contributed by atoms with Gasteiger partial charge in [0.25, 0.3) is 11.8 Å². The summed E-state index contributed by atoms with van der Waals surface area (Å²) in [5.41, 5.74) is 1.47. The molecular weight excluding hydrogens is 364 g/mol. The van der Waals surface area contributed by atoms with Crippen LogP contribution in [0.25, 0.3) is 6.08 Å². The van der Waals surface area contributed by atoms with Gasteiger partial charge in [-0.1, -0.05) is 12.2 Å². The van der Waals surface area contributed by atoms with E-state index in [2.05, 4.69) is 18.5 Å². The van der Waals surface area contributed by atoms with E-state index in [9.17, 15) is 9.59 Å². The Hall–Kier alpha value is -2.93. The molecule has 1 saturated heterocycles. The summed E-state index contributed by atoms with van der Waals surface area (Å²) in [5.74, 6) is 0.133. The van der Waals surface area contributed by atoms with Gasteiger partial charge in [0, 0.05) is 12.1 Å². The zero-order valence-corrected chi connectivity index (χ0v) is 16.2.